The van der Waals surface area contributed by atoms with Gasteiger partial charge in [-0.15, -0.1) is 0 Å². The Morgan fingerprint density at radius 2 is 2.11 bits per heavy atom. The van der Waals surface area contributed by atoms with Crippen LogP contribution < -0.4 is 10.6 Å². The Bertz CT molecular complexity index is 276. The van der Waals surface area contributed by atoms with Crippen molar-refractivity contribution in [2.45, 2.75) is 51.2 Å². The fraction of sp³-hybridized carbons (Fsp3) is 0.929. The molecule has 1 amide bonds. The van der Waals surface area contributed by atoms with Gasteiger partial charge in [0.15, 0.2) is 0 Å². The van der Waals surface area contributed by atoms with E-state index in [1.54, 1.807) is 7.11 Å². The van der Waals surface area contributed by atoms with Crippen LogP contribution in [0.1, 0.15) is 39.5 Å². The molecule has 0 aromatic heterocycles. The molecule has 1 fully saturated rings. The molecule has 0 aromatic rings. The summed E-state index contributed by atoms with van der Waals surface area (Å²) >= 11 is 0. The average molecular weight is 272 g/mol. The topological polar surface area (TPSA) is 70.6 Å². The fourth-order valence-electron chi connectivity index (χ4n) is 2.34. The summed E-state index contributed by atoms with van der Waals surface area (Å²) in [6.45, 7) is 5.55. The van der Waals surface area contributed by atoms with E-state index in [2.05, 4.69) is 17.6 Å². The number of aliphatic hydroxyl groups is 1. The SMILES string of the molecule is COCCNC(=O)C(C)NCC1(O)CCC(C)CC1. The Balaban J connectivity index is 2.25. The van der Waals surface area contributed by atoms with Crippen molar-refractivity contribution < 1.29 is 14.6 Å². The van der Waals surface area contributed by atoms with E-state index in [9.17, 15) is 9.90 Å². The molecule has 0 aliphatic heterocycles. The summed E-state index contributed by atoms with van der Waals surface area (Å²) in [4.78, 5) is 11.7. The van der Waals surface area contributed by atoms with Gasteiger partial charge in [0.25, 0.3) is 0 Å². The molecule has 0 spiro atoms. The molecule has 0 aromatic carbocycles. The van der Waals surface area contributed by atoms with E-state index in [-0.39, 0.29) is 11.9 Å². The van der Waals surface area contributed by atoms with E-state index in [0.29, 0.717) is 25.6 Å². The number of hydrogen-bond acceptors (Lipinski definition) is 4. The Labute approximate surface area is 116 Å². The standard InChI is InChI=1S/C14H28N2O3/c1-11-4-6-14(18,7-5-11)10-16-12(2)13(17)15-8-9-19-3/h11-12,16,18H,4-10H2,1-3H3,(H,15,17). The minimum absolute atomic E-state index is 0.0511. The highest BCUT2D eigenvalue weighted by molar-refractivity contribution is 5.81. The zero-order chi connectivity index (χ0) is 14.3. The van der Waals surface area contributed by atoms with Crippen LogP contribution >= 0.6 is 0 Å². The first-order valence-corrected chi connectivity index (χ1v) is 7.19. The van der Waals surface area contributed by atoms with Gasteiger partial charge in [-0.3, -0.25) is 4.79 Å². The zero-order valence-corrected chi connectivity index (χ0v) is 12.4. The predicted octanol–water partition coefficient (Wildman–Crippen LogP) is 0.668. The Morgan fingerprint density at radius 3 is 2.68 bits per heavy atom. The Kier molecular flexibility index (Phi) is 6.75. The number of carbonyl (C=O) groups excluding carboxylic acids is 1. The van der Waals surface area contributed by atoms with Crippen molar-refractivity contribution in [3.05, 3.63) is 0 Å². The van der Waals surface area contributed by atoms with Gasteiger partial charge in [-0.2, -0.15) is 0 Å². The second kappa shape index (κ2) is 7.82. The first-order valence-electron chi connectivity index (χ1n) is 7.19. The van der Waals surface area contributed by atoms with Crippen molar-refractivity contribution >= 4 is 5.91 Å². The molecule has 1 aliphatic rings. The molecule has 1 aliphatic carbocycles. The highest BCUT2D eigenvalue weighted by atomic mass is 16.5. The quantitative estimate of drug-likeness (QED) is 0.596. The van der Waals surface area contributed by atoms with Gasteiger partial charge in [0.1, 0.15) is 0 Å². The maximum Gasteiger partial charge on any atom is 0.236 e. The smallest absolute Gasteiger partial charge is 0.236 e. The van der Waals surface area contributed by atoms with Crippen LogP contribution in [0.4, 0.5) is 0 Å². The van der Waals surface area contributed by atoms with Gasteiger partial charge in [0.05, 0.1) is 18.2 Å². The number of methoxy groups -OCH3 is 1. The Morgan fingerprint density at radius 1 is 1.47 bits per heavy atom. The van der Waals surface area contributed by atoms with Gasteiger partial charge >= 0.3 is 0 Å². The molecule has 0 saturated heterocycles. The van der Waals surface area contributed by atoms with Gasteiger partial charge in [-0.25, -0.2) is 0 Å². The van der Waals surface area contributed by atoms with Gasteiger partial charge < -0.3 is 20.5 Å². The highest BCUT2D eigenvalue weighted by Gasteiger charge is 2.32. The highest BCUT2D eigenvalue weighted by Crippen LogP contribution is 2.31. The molecule has 5 nitrogen and oxygen atoms in total. The van der Waals surface area contributed by atoms with Crippen molar-refractivity contribution in [3.8, 4) is 0 Å². The first-order chi connectivity index (χ1) is 8.97. The van der Waals surface area contributed by atoms with Crippen LogP contribution in [0.25, 0.3) is 0 Å². The summed E-state index contributed by atoms with van der Waals surface area (Å²) in [5.74, 6) is 0.653. The van der Waals surface area contributed by atoms with Crippen molar-refractivity contribution in [3.63, 3.8) is 0 Å². The Hall–Kier alpha value is -0.650. The molecule has 0 bridgehead atoms. The summed E-state index contributed by atoms with van der Waals surface area (Å²) in [7, 11) is 1.60. The van der Waals surface area contributed by atoms with E-state index in [4.69, 9.17) is 4.74 Å². The molecular formula is C14H28N2O3. The maximum absolute atomic E-state index is 11.7. The first kappa shape index (κ1) is 16.4. The number of amides is 1. The molecule has 19 heavy (non-hydrogen) atoms. The van der Waals surface area contributed by atoms with Crippen molar-refractivity contribution in [2.75, 3.05) is 26.8 Å². The number of rotatable bonds is 7. The fourth-order valence-corrected chi connectivity index (χ4v) is 2.34. The van der Waals surface area contributed by atoms with E-state index in [0.717, 1.165) is 25.7 Å². The van der Waals surface area contributed by atoms with E-state index < -0.39 is 5.60 Å². The van der Waals surface area contributed by atoms with Gasteiger partial charge in [0, 0.05) is 20.2 Å². The molecule has 1 saturated carbocycles. The van der Waals surface area contributed by atoms with Crippen molar-refractivity contribution in [2.24, 2.45) is 5.92 Å². The van der Waals surface area contributed by atoms with E-state index >= 15 is 0 Å². The van der Waals surface area contributed by atoms with Gasteiger partial charge in [0.2, 0.25) is 5.91 Å². The van der Waals surface area contributed by atoms with Crippen molar-refractivity contribution in [1.29, 1.82) is 0 Å². The van der Waals surface area contributed by atoms with Crippen LogP contribution in [0.2, 0.25) is 0 Å². The van der Waals surface area contributed by atoms with E-state index in [1.165, 1.54) is 0 Å². The zero-order valence-electron chi connectivity index (χ0n) is 12.4. The summed E-state index contributed by atoms with van der Waals surface area (Å²) in [5.41, 5.74) is -0.645. The summed E-state index contributed by atoms with van der Waals surface area (Å²) in [6.07, 6.45) is 3.76. The molecule has 0 radical (unpaired) electrons. The second-order valence-electron chi connectivity index (χ2n) is 5.79. The molecule has 1 rings (SSSR count). The van der Waals surface area contributed by atoms with Gasteiger partial charge in [-0.05, 0) is 38.5 Å². The number of hydrogen-bond donors (Lipinski definition) is 3. The predicted molar refractivity (Wildman–Crippen MR) is 74.9 cm³/mol. The lowest BCUT2D eigenvalue weighted by Gasteiger charge is -2.35. The lowest BCUT2D eigenvalue weighted by atomic mass is 9.79. The van der Waals surface area contributed by atoms with Crippen molar-refractivity contribution in [1.82, 2.24) is 10.6 Å². The number of ether oxygens (including phenoxy) is 1. The largest absolute Gasteiger partial charge is 0.389 e. The lowest BCUT2D eigenvalue weighted by molar-refractivity contribution is -0.123. The summed E-state index contributed by atoms with van der Waals surface area (Å²) < 4.78 is 4.88. The third-order valence-corrected chi connectivity index (χ3v) is 3.94. The minimum atomic E-state index is -0.645. The third kappa shape index (κ3) is 5.89. The molecule has 5 heteroatoms. The maximum atomic E-state index is 11.7. The lowest BCUT2D eigenvalue weighted by Crippen LogP contribution is -2.50. The summed E-state index contributed by atoms with van der Waals surface area (Å²) in [5, 5.41) is 16.3. The van der Waals surface area contributed by atoms with Gasteiger partial charge in [-0.1, -0.05) is 6.92 Å². The number of nitrogens with one attached hydrogen (secondary N) is 2. The minimum Gasteiger partial charge on any atom is -0.389 e. The molecule has 0 heterocycles. The average Bonchev–Trinajstić information content (AvgIpc) is 2.40. The molecule has 3 N–H and O–H groups in total. The van der Waals surface area contributed by atoms with Crippen LogP contribution in [-0.4, -0.2) is 49.5 Å². The van der Waals surface area contributed by atoms with Crippen LogP contribution in [0.15, 0.2) is 0 Å². The van der Waals surface area contributed by atoms with Crippen LogP contribution in [0, 0.1) is 5.92 Å². The number of carbonyl (C=O) groups is 1. The van der Waals surface area contributed by atoms with E-state index in [1.807, 2.05) is 6.92 Å². The molecule has 1 unspecified atom stereocenters. The molecular weight excluding hydrogens is 244 g/mol. The van der Waals surface area contributed by atoms with Crippen LogP contribution in [-0.2, 0) is 9.53 Å². The monoisotopic (exact) mass is 272 g/mol. The second-order valence-corrected chi connectivity index (χ2v) is 5.79. The third-order valence-electron chi connectivity index (χ3n) is 3.94. The van der Waals surface area contributed by atoms with Crippen LogP contribution in [0.5, 0.6) is 0 Å². The molecule has 112 valence electrons. The normalized spacial score (nSPS) is 28.9. The van der Waals surface area contributed by atoms with Crippen LogP contribution in [0.3, 0.4) is 0 Å². The molecule has 1 atom stereocenters. The summed E-state index contributed by atoms with van der Waals surface area (Å²) in [6, 6.07) is -0.291.